The molecule has 0 aromatic carbocycles. The van der Waals surface area contributed by atoms with Gasteiger partial charge in [-0.05, 0) is 13.0 Å². The molecule has 0 amide bonds. The fourth-order valence-electron chi connectivity index (χ4n) is 2.84. The molecule has 0 radical (unpaired) electrons. The molecule has 1 heterocycles. The SMILES string of the molecule is O=C(O)CC1ONCCNCCNCCC1(CC(=O)O)CC(=O)O. The molecule has 1 fully saturated rings. The van der Waals surface area contributed by atoms with Gasteiger partial charge in [-0.1, -0.05) is 0 Å². The van der Waals surface area contributed by atoms with Gasteiger partial charge in [-0.25, -0.2) is 5.48 Å². The van der Waals surface area contributed by atoms with Gasteiger partial charge in [-0.15, -0.1) is 0 Å². The van der Waals surface area contributed by atoms with Crippen molar-refractivity contribution < 1.29 is 34.5 Å². The minimum Gasteiger partial charge on any atom is -0.481 e. The number of carbonyl (C=O) groups is 3. The second kappa shape index (κ2) is 10.2. The van der Waals surface area contributed by atoms with Crippen molar-refractivity contribution in [3.05, 3.63) is 0 Å². The molecule has 138 valence electrons. The number of carboxylic acid groups (broad SMARTS) is 3. The normalized spacial score (nSPS) is 22.8. The van der Waals surface area contributed by atoms with Crippen molar-refractivity contribution >= 4 is 17.9 Å². The molecule has 24 heavy (non-hydrogen) atoms. The molecule has 1 rings (SSSR count). The molecular formula is C14H25N3O7. The molecule has 0 aliphatic carbocycles. The summed E-state index contributed by atoms with van der Waals surface area (Å²) in [7, 11) is 0. The van der Waals surface area contributed by atoms with Crippen molar-refractivity contribution in [2.45, 2.75) is 31.8 Å². The molecule has 1 saturated heterocycles. The van der Waals surface area contributed by atoms with Gasteiger partial charge in [-0.3, -0.25) is 19.2 Å². The van der Waals surface area contributed by atoms with Gasteiger partial charge in [0.05, 0.1) is 25.4 Å². The Balaban J connectivity index is 3.09. The van der Waals surface area contributed by atoms with E-state index in [4.69, 9.17) is 9.94 Å². The molecule has 6 N–H and O–H groups in total. The van der Waals surface area contributed by atoms with Gasteiger partial charge in [0.15, 0.2) is 0 Å². The van der Waals surface area contributed by atoms with E-state index in [1.54, 1.807) is 0 Å². The highest BCUT2D eigenvalue weighted by molar-refractivity contribution is 5.73. The lowest BCUT2D eigenvalue weighted by atomic mass is 9.72. The van der Waals surface area contributed by atoms with Crippen molar-refractivity contribution in [1.82, 2.24) is 16.1 Å². The van der Waals surface area contributed by atoms with Crippen LogP contribution in [0.2, 0.25) is 0 Å². The van der Waals surface area contributed by atoms with Crippen molar-refractivity contribution in [3.63, 3.8) is 0 Å². The summed E-state index contributed by atoms with van der Waals surface area (Å²) in [5.74, 6) is -3.56. The van der Waals surface area contributed by atoms with Crippen LogP contribution in [0.4, 0.5) is 0 Å². The molecule has 0 saturated carbocycles. The van der Waals surface area contributed by atoms with Gasteiger partial charge in [0, 0.05) is 31.6 Å². The molecule has 0 bridgehead atoms. The Morgan fingerprint density at radius 1 is 0.875 bits per heavy atom. The lowest BCUT2D eigenvalue weighted by molar-refractivity contribution is -0.165. The van der Waals surface area contributed by atoms with Crippen LogP contribution in [-0.2, 0) is 19.2 Å². The van der Waals surface area contributed by atoms with E-state index in [-0.39, 0.29) is 6.42 Å². The first kappa shape index (κ1) is 20.3. The fraction of sp³-hybridized carbons (Fsp3) is 0.786. The zero-order valence-electron chi connectivity index (χ0n) is 13.4. The molecule has 10 heteroatoms. The average Bonchev–Trinajstić information content (AvgIpc) is 2.44. The lowest BCUT2D eigenvalue weighted by Crippen LogP contribution is -2.48. The molecule has 0 aromatic rings. The van der Waals surface area contributed by atoms with Gasteiger partial charge in [-0.2, -0.15) is 0 Å². The summed E-state index contributed by atoms with van der Waals surface area (Å²) in [6.45, 7) is 2.66. The van der Waals surface area contributed by atoms with Gasteiger partial charge >= 0.3 is 17.9 Å². The largest absolute Gasteiger partial charge is 0.481 e. The number of hydrogen-bond acceptors (Lipinski definition) is 7. The highest BCUT2D eigenvalue weighted by Crippen LogP contribution is 2.38. The van der Waals surface area contributed by atoms with Gasteiger partial charge < -0.3 is 26.0 Å². The molecular weight excluding hydrogens is 322 g/mol. The molecule has 10 nitrogen and oxygen atoms in total. The number of carboxylic acids is 3. The van der Waals surface area contributed by atoms with Crippen molar-refractivity contribution in [2.75, 3.05) is 32.7 Å². The summed E-state index contributed by atoms with van der Waals surface area (Å²) in [5, 5.41) is 33.8. The zero-order chi connectivity index (χ0) is 18.0. The smallest absolute Gasteiger partial charge is 0.306 e. The molecule has 1 unspecified atom stereocenters. The quantitative estimate of drug-likeness (QED) is 0.347. The minimum atomic E-state index is -1.33. The predicted octanol–water partition coefficient (Wildman–Crippen LogP) is -1.13. The van der Waals surface area contributed by atoms with Gasteiger partial charge in [0.1, 0.15) is 0 Å². The van der Waals surface area contributed by atoms with Crippen LogP contribution < -0.4 is 16.1 Å². The highest BCUT2D eigenvalue weighted by atomic mass is 16.7. The van der Waals surface area contributed by atoms with E-state index in [9.17, 15) is 24.6 Å². The Labute approximate surface area is 139 Å². The number of rotatable bonds is 6. The maximum absolute atomic E-state index is 11.3. The second-order valence-corrected chi connectivity index (χ2v) is 5.85. The van der Waals surface area contributed by atoms with E-state index < -0.39 is 48.7 Å². The Morgan fingerprint density at radius 3 is 1.96 bits per heavy atom. The van der Waals surface area contributed by atoms with E-state index in [0.717, 1.165) is 0 Å². The summed E-state index contributed by atoms with van der Waals surface area (Å²) >= 11 is 0. The lowest BCUT2D eigenvalue weighted by Gasteiger charge is -2.38. The Morgan fingerprint density at radius 2 is 1.42 bits per heavy atom. The fourth-order valence-corrected chi connectivity index (χ4v) is 2.84. The Bertz CT molecular complexity index is 428. The van der Waals surface area contributed by atoms with Crippen molar-refractivity contribution in [1.29, 1.82) is 0 Å². The molecule has 0 aromatic heterocycles. The van der Waals surface area contributed by atoms with E-state index in [2.05, 4.69) is 16.1 Å². The Kier molecular flexibility index (Phi) is 8.61. The van der Waals surface area contributed by atoms with E-state index in [1.165, 1.54) is 0 Å². The predicted molar refractivity (Wildman–Crippen MR) is 82.4 cm³/mol. The molecule has 1 aliphatic heterocycles. The van der Waals surface area contributed by atoms with Crippen molar-refractivity contribution in [2.24, 2.45) is 5.41 Å². The highest BCUT2D eigenvalue weighted by Gasteiger charge is 2.44. The molecule has 1 atom stereocenters. The van der Waals surface area contributed by atoms with E-state index >= 15 is 0 Å². The van der Waals surface area contributed by atoms with Crippen LogP contribution in [0.15, 0.2) is 0 Å². The maximum Gasteiger partial charge on any atom is 0.306 e. The first-order chi connectivity index (χ1) is 11.4. The third-order valence-corrected chi connectivity index (χ3v) is 3.96. The van der Waals surface area contributed by atoms with E-state index in [1.807, 2.05) is 0 Å². The third-order valence-electron chi connectivity index (χ3n) is 3.96. The summed E-state index contributed by atoms with van der Waals surface area (Å²) in [6.07, 6.45) is -2.37. The standard InChI is InChI=1S/C14H25N3O7/c18-11(19)7-10-14(8-12(20)21,9-13(22)23)1-2-15-3-4-16-5-6-17-24-10/h10,15-17H,1-9H2,(H,18,19)(H,20,21)(H,22,23). The van der Waals surface area contributed by atoms with Crippen molar-refractivity contribution in [3.8, 4) is 0 Å². The van der Waals surface area contributed by atoms with Crippen LogP contribution in [0, 0.1) is 5.41 Å². The first-order valence-corrected chi connectivity index (χ1v) is 7.81. The minimum absolute atomic E-state index is 0.172. The Hall–Kier alpha value is -1.75. The van der Waals surface area contributed by atoms with Crippen LogP contribution in [0.25, 0.3) is 0 Å². The maximum atomic E-state index is 11.3. The number of hydrogen-bond donors (Lipinski definition) is 6. The average molecular weight is 347 g/mol. The van der Waals surface area contributed by atoms with Crippen LogP contribution in [0.1, 0.15) is 25.7 Å². The van der Waals surface area contributed by atoms with Crippen LogP contribution in [0.5, 0.6) is 0 Å². The summed E-state index contributed by atoms with van der Waals surface area (Å²) in [6, 6.07) is 0. The second-order valence-electron chi connectivity index (χ2n) is 5.85. The molecule has 0 spiro atoms. The monoisotopic (exact) mass is 347 g/mol. The number of hydroxylamine groups is 1. The first-order valence-electron chi connectivity index (χ1n) is 7.81. The van der Waals surface area contributed by atoms with E-state index in [0.29, 0.717) is 32.7 Å². The summed E-state index contributed by atoms with van der Waals surface area (Å²) in [4.78, 5) is 39.2. The third kappa shape index (κ3) is 7.21. The summed E-state index contributed by atoms with van der Waals surface area (Å²) in [5.41, 5.74) is 1.30. The van der Waals surface area contributed by atoms with Gasteiger partial charge in [0.25, 0.3) is 0 Å². The van der Waals surface area contributed by atoms with Crippen LogP contribution in [-0.4, -0.2) is 72.1 Å². The van der Waals surface area contributed by atoms with Crippen LogP contribution in [0.3, 0.4) is 0 Å². The van der Waals surface area contributed by atoms with Gasteiger partial charge in [0.2, 0.25) is 0 Å². The summed E-state index contributed by atoms with van der Waals surface area (Å²) < 4.78 is 0. The number of aliphatic carboxylic acids is 3. The topological polar surface area (TPSA) is 157 Å². The zero-order valence-corrected chi connectivity index (χ0v) is 13.4. The molecule has 1 aliphatic rings. The number of nitrogens with one attached hydrogen (secondary N) is 3. The van der Waals surface area contributed by atoms with Crippen LogP contribution >= 0.6 is 0 Å².